The maximum absolute atomic E-state index is 12.3. The number of amides is 1. The van der Waals surface area contributed by atoms with Gasteiger partial charge in [0.15, 0.2) is 0 Å². The van der Waals surface area contributed by atoms with Crippen LogP contribution < -0.4 is 10.2 Å². The Bertz CT molecular complexity index is 648. The number of aromatic nitrogens is 4. The van der Waals surface area contributed by atoms with E-state index in [4.69, 9.17) is 0 Å². The van der Waals surface area contributed by atoms with Crippen LogP contribution in [0.15, 0.2) is 24.8 Å². The predicted octanol–water partition coefficient (Wildman–Crippen LogP) is 0.982. The molecule has 1 amide bonds. The van der Waals surface area contributed by atoms with Gasteiger partial charge in [-0.2, -0.15) is 5.10 Å². The third-order valence-corrected chi connectivity index (χ3v) is 3.99. The van der Waals surface area contributed by atoms with Gasteiger partial charge in [-0.1, -0.05) is 0 Å². The van der Waals surface area contributed by atoms with E-state index in [1.807, 2.05) is 30.0 Å². The highest BCUT2D eigenvalue weighted by Gasteiger charge is 2.24. The number of hydrogen-bond donors (Lipinski definition) is 2. The van der Waals surface area contributed by atoms with Crippen LogP contribution in [0.5, 0.6) is 0 Å². The van der Waals surface area contributed by atoms with E-state index in [0.717, 1.165) is 37.6 Å². The number of hydrogen-bond acceptors (Lipinski definition) is 6. The maximum atomic E-state index is 12.3. The largest absolute Gasteiger partial charge is 0.367 e. The maximum Gasteiger partial charge on any atom is 0.257 e. The Morgan fingerprint density at radius 2 is 2.13 bits per heavy atom. The van der Waals surface area contributed by atoms with Crippen LogP contribution in [0.25, 0.3) is 0 Å². The molecule has 2 aromatic heterocycles. The van der Waals surface area contributed by atoms with Crippen molar-refractivity contribution in [3.05, 3.63) is 30.4 Å². The zero-order valence-electron chi connectivity index (χ0n) is 13.4. The van der Waals surface area contributed by atoms with Gasteiger partial charge in [0.2, 0.25) is 0 Å². The van der Waals surface area contributed by atoms with Gasteiger partial charge in [-0.05, 0) is 12.8 Å². The molecule has 3 rings (SSSR count). The molecule has 122 valence electrons. The molecule has 0 unspecified atom stereocenters. The van der Waals surface area contributed by atoms with E-state index in [9.17, 15) is 4.79 Å². The number of nitrogens with one attached hydrogen (secondary N) is 2. The lowest BCUT2D eigenvalue weighted by Gasteiger charge is -2.32. The molecule has 2 N–H and O–H groups in total. The average Bonchev–Trinajstić information content (AvgIpc) is 3.09. The first-order valence-electron chi connectivity index (χ1n) is 7.67. The number of anilines is 2. The molecule has 0 bridgehead atoms. The van der Waals surface area contributed by atoms with Gasteiger partial charge in [0, 0.05) is 45.5 Å². The molecular weight excluding hydrogens is 294 g/mol. The first-order chi connectivity index (χ1) is 11.1. The summed E-state index contributed by atoms with van der Waals surface area (Å²) >= 11 is 0. The standard InChI is InChI=1S/C15H21N7O/c1-21(2)14-7-13(16-10-17-14)20-12-3-5-22(6-4-12)15(23)11-8-18-19-9-11/h7-10,12H,3-6H2,1-2H3,(H,18,19)(H,16,17,20). The fourth-order valence-corrected chi connectivity index (χ4v) is 2.66. The predicted molar refractivity (Wildman–Crippen MR) is 87.5 cm³/mol. The normalized spacial score (nSPS) is 15.5. The van der Waals surface area contributed by atoms with Gasteiger partial charge < -0.3 is 15.1 Å². The topological polar surface area (TPSA) is 90.0 Å². The third-order valence-electron chi connectivity index (χ3n) is 3.99. The van der Waals surface area contributed by atoms with Gasteiger partial charge in [0.05, 0.1) is 11.8 Å². The molecule has 0 aliphatic carbocycles. The van der Waals surface area contributed by atoms with E-state index in [1.54, 1.807) is 18.7 Å². The Balaban J connectivity index is 1.55. The summed E-state index contributed by atoms with van der Waals surface area (Å²) in [4.78, 5) is 24.6. The summed E-state index contributed by atoms with van der Waals surface area (Å²) in [5.41, 5.74) is 0.614. The molecule has 3 heterocycles. The lowest BCUT2D eigenvalue weighted by atomic mass is 10.0. The monoisotopic (exact) mass is 315 g/mol. The van der Waals surface area contributed by atoms with E-state index in [1.165, 1.54) is 0 Å². The first-order valence-corrected chi connectivity index (χ1v) is 7.67. The average molecular weight is 315 g/mol. The minimum atomic E-state index is 0.0362. The number of rotatable bonds is 4. The van der Waals surface area contributed by atoms with Crippen molar-refractivity contribution in [2.24, 2.45) is 0 Å². The quantitative estimate of drug-likeness (QED) is 0.874. The molecule has 1 saturated heterocycles. The molecule has 0 radical (unpaired) electrons. The summed E-state index contributed by atoms with van der Waals surface area (Å²) in [7, 11) is 3.90. The molecule has 0 spiro atoms. The van der Waals surface area contributed by atoms with Crippen LogP contribution in [0.3, 0.4) is 0 Å². The molecule has 1 aliphatic rings. The molecule has 0 atom stereocenters. The highest BCUT2D eigenvalue weighted by atomic mass is 16.2. The molecule has 1 aliphatic heterocycles. The molecule has 8 nitrogen and oxygen atoms in total. The van der Waals surface area contributed by atoms with E-state index in [-0.39, 0.29) is 5.91 Å². The van der Waals surface area contributed by atoms with Crippen molar-refractivity contribution in [2.75, 3.05) is 37.4 Å². The van der Waals surface area contributed by atoms with Crippen LogP contribution in [0.4, 0.5) is 11.6 Å². The SMILES string of the molecule is CN(C)c1cc(NC2CCN(C(=O)c3cn[nH]c3)CC2)ncn1. The summed E-state index contributed by atoms with van der Waals surface area (Å²) in [6.07, 6.45) is 6.55. The first kappa shape index (κ1) is 15.3. The zero-order chi connectivity index (χ0) is 16.2. The molecule has 2 aromatic rings. The minimum absolute atomic E-state index is 0.0362. The van der Waals surface area contributed by atoms with Crippen LogP contribution >= 0.6 is 0 Å². The summed E-state index contributed by atoms with van der Waals surface area (Å²) in [6.45, 7) is 1.46. The van der Waals surface area contributed by atoms with Crippen molar-refractivity contribution in [3.8, 4) is 0 Å². The number of carbonyl (C=O) groups is 1. The van der Waals surface area contributed by atoms with E-state index in [0.29, 0.717) is 11.6 Å². The fourth-order valence-electron chi connectivity index (χ4n) is 2.66. The number of carbonyl (C=O) groups excluding carboxylic acids is 1. The molecule has 23 heavy (non-hydrogen) atoms. The van der Waals surface area contributed by atoms with Crippen molar-refractivity contribution in [2.45, 2.75) is 18.9 Å². The van der Waals surface area contributed by atoms with E-state index in [2.05, 4.69) is 25.5 Å². The Kier molecular flexibility index (Phi) is 4.40. The van der Waals surface area contributed by atoms with Crippen LogP contribution in [0.1, 0.15) is 23.2 Å². The van der Waals surface area contributed by atoms with Gasteiger partial charge >= 0.3 is 0 Å². The Labute approximate surface area is 134 Å². The van der Waals surface area contributed by atoms with Gasteiger partial charge in [0.25, 0.3) is 5.91 Å². The second-order valence-electron chi connectivity index (χ2n) is 5.85. The zero-order valence-corrected chi connectivity index (χ0v) is 13.4. The highest BCUT2D eigenvalue weighted by molar-refractivity contribution is 5.93. The third kappa shape index (κ3) is 3.58. The lowest BCUT2D eigenvalue weighted by molar-refractivity contribution is 0.0718. The Morgan fingerprint density at radius 3 is 2.78 bits per heavy atom. The van der Waals surface area contributed by atoms with Crippen molar-refractivity contribution in [3.63, 3.8) is 0 Å². The van der Waals surface area contributed by atoms with Gasteiger partial charge in [-0.15, -0.1) is 0 Å². The van der Waals surface area contributed by atoms with Gasteiger partial charge in [-0.25, -0.2) is 9.97 Å². The number of H-pyrrole nitrogens is 1. The van der Waals surface area contributed by atoms with Gasteiger partial charge in [0.1, 0.15) is 18.0 Å². The van der Waals surface area contributed by atoms with E-state index >= 15 is 0 Å². The lowest BCUT2D eigenvalue weighted by Crippen LogP contribution is -2.42. The summed E-state index contributed by atoms with van der Waals surface area (Å²) < 4.78 is 0. The number of aromatic amines is 1. The van der Waals surface area contributed by atoms with Crippen LogP contribution in [-0.4, -0.2) is 64.2 Å². The minimum Gasteiger partial charge on any atom is -0.367 e. The Morgan fingerprint density at radius 1 is 1.35 bits per heavy atom. The number of nitrogens with zero attached hydrogens (tertiary/aromatic N) is 5. The molecule has 0 saturated carbocycles. The number of likely N-dealkylation sites (tertiary alicyclic amines) is 1. The molecule has 1 fully saturated rings. The van der Waals surface area contributed by atoms with Crippen LogP contribution in [-0.2, 0) is 0 Å². The molecule has 8 heteroatoms. The molecular formula is C15H21N7O. The van der Waals surface area contributed by atoms with Crippen molar-refractivity contribution >= 4 is 17.5 Å². The second-order valence-corrected chi connectivity index (χ2v) is 5.85. The highest BCUT2D eigenvalue weighted by Crippen LogP contribution is 2.18. The summed E-state index contributed by atoms with van der Waals surface area (Å²) in [6, 6.07) is 2.25. The number of piperidine rings is 1. The van der Waals surface area contributed by atoms with E-state index < -0.39 is 0 Å². The summed E-state index contributed by atoms with van der Waals surface area (Å²) in [5.74, 6) is 1.73. The molecule has 0 aromatic carbocycles. The smallest absolute Gasteiger partial charge is 0.257 e. The second kappa shape index (κ2) is 6.64. The van der Waals surface area contributed by atoms with Crippen molar-refractivity contribution < 1.29 is 4.79 Å². The van der Waals surface area contributed by atoms with Crippen LogP contribution in [0.2, 0.25) is 0 Å². The summed E-state index contributed by atoms with van der Waals surface area (Å²) in [5, 5.41) is 9.94. The Hall–Kier alpha value is -2.64. The van der Waals surface area contributed by atoms with Gasteiger partial charge in [-0.3, -0.25) is 9.89 Å². The van der Waals surface area contributed by atoms with Crippen molar-refractivity contribution in [1.82, 2.24) is 25.1 Å². The van der Waals surface area contributed by atoms with Crippen molar-refractivity contribution in [1.29, 1.82) is 0 Å². The van der Waals surface area contributed by atoms with Crippen LogP contribution in [0, 0.1) is 0 Å². The fraction of sp³-hybridized carbons (Fsp3) is 0.467.